The minimum Gasteiger partial charge on any atom is -0.506 e. The second kappa shape index (κ2) is 4.17. The summed E-state index contributed by atoms with van der Waals surface area (Å²) in [6.07, 6.45) is 0. The maximum absolute atomic E-state index is 12.2. The summed E-state index contributed by atoms with van der Waals surface area (Å²) < 4.78 is 1.25. The van der Waals surface area contributed by atoms with Crippen LogP contribution in [0.15, 0.2) is 15.7 Å². The first-order valence-corrected chi connectivity index (χ1v) is 5.89. The lowest BCUT2D eigenvalue weighted by Crippen LogP contribution is -2.31. The van der Waals surface area contributed by atoms with Crippen LogP contribution in [-0.4, -0.2) is 14.9 Å². The average Bonchev–Trinajstić information content (AvgIpc) is 2.29. The van der Waals surface area contributed by atoms with Gasteiger partial charge in [0.2, 0.25) is 0 Å². The number of hydrogen-bond donors (Lipinski definition) is 2. The molecule has 1 heterocycles. The van der Waals surface area contributed by atoms with Crippen LogP contribution in [-0.2, 0) is 0 Å². The standard InChI is InChI=1S/C12H13ClN2O3/c1-5(2)15-12(18)7-4-6(3)10(16)9(13)8(7)11(17)14-15/h4-5,16H,1-3H3,(H,14,17). The quantitative estimate of drug-likeness (QED) is 0.830. The van der Waals surface area contributed by atoms with Crippen molar-refractivity contribution >= 4 is 22.4 Å². The van der Waals surface area contributed by atoms with Gasteiger partial charge in [-0.3, -0.25) is 14.7 Å². The van der Waals surface area contributed by atoms with Crippen LogP contribution in [0.4, 0.5) is 0 Å². The Morgan fingerprint density at radius 1 is 1.39 bits per heavy atom. The van der Waals surface area contributed by atoms with Crippen molar-refractivity contribution in [1.82, 2.24) is 9.78 Å². The van der Waals surface area contributed by atoms with Crippen LogP contribution in [0, 0.1) is 6.92 Å². The van der Waals surface area contributed by atoms with Crippen LogP contribution in [0.25, 0.3) is 10.8 Å². The van der Waals surface area contributed by atoms with Gasteiger partial charge in [0, 0.05) is 6.04 Å². The third-order valence-electron chi connectivity index (χ3n) is 2.85. The highest BCUT2D eigenvalue weighted by Crippen LogP contribution is 2.31. The molecule has 96 valence electrons. The molecular formula is C12H13ClN2O3. The van der Waals surface area contributed by atoms with Gasteiger partial charge in [-0.25, -0.2) is 4.68 Å². The molecule has 0 saturated heterocycles. The number of benzene rings is 1. The molecule has 0 aliphatic rings. The van der Waals surface area contributed by atoms with E-state index in [0.717, 1.165) is 0 Å². The summed E-state index contributed by atoms with van der Waals surface area (Å²) in [6.45, 7) is 5.21. The first kappa shape index (κ1) is 12.7. The third-order valence-corrected chi connectivity index (χ3v) is 3.21. The molecule has 0 aliphatic carbocycles. The topological polar surface area (TPSA) is 75.1 Å². The monoisotopic (exact) mass is 268 g/mol. The summed E-state index contributed by atoms with van der Waals surface area (Å²) in [7, 11) is 0. The largest absolute Gasteiger partial charge is 0.506 e. The molecule has 1 aromatic heterocycles. The van der Waals surface area contributed by atoms with Crippen molar-refractivity contribution in [2.24, 2.45) is 0 Å². The Morgan fingerprint density at radius 3 is 2.56 bits per heavy atom. The van der Waals surface area contributed by atoms with E-state index < -0.39 is 5.56 Å². The van der Waals surface area contributed by atoms with Crippen molar-refractivity contribution in [2.45, 2.75) is 26.8 Å². The second-order valence-corrected chi connectivity index (χ2v) is 4.87. The highest BCUT2D eigenvalue weighted by atomic mass is 35.5. The van der Waals surface area contributed by atoms with E-state index >= 15 is 0 Å². The number of aromatic hydroxyl groups is 1. The van der Waals surface area contributed by atoms with E-state index in [0.29, 0.717) is 5.56 Å². The summed E-state index contributed by atoms with van der Waals surface area (Å²) >= 11 is 5.92. The Balaban J connectivity index is 3.09. The fraction of sp³-hybridized carbons (Fsp3) is 0.333. The van der Waals surface area contributed by atoms with Crippen LogP contribution < -0.4 is 11.1 Å². The molecule has 0 aliphatic heterocycles. The predicted molar refractivity (Wildman–Crippen MR) is 70.6 cm³/mol. The lowest BCUT2D eigenvalue weighted by Gasteiger charge is -2.12. The number of phenols is 1. The van der Waals surface area contributed by atoms with E-state index in [9.17, 15) is 14.7 Å². The molecule has 2 aromatic rings. The zero-order valence-electron chi connectivity index (χ0n) is 10.2. The number of H-pyrrole nitrogens is 1. The molecule has 6 heteroatoms. The first-order chi connectivity index (χ1) is 8.34. The summed E-state index contributed by atoms with van der Waals surface area (Å²) in [4.78, 5) is 24.1. The van der Waals surface area contributed by atoms with Gasteiger partial charge in [-0.1, -0.05) is 11.6 Å². The first-order valence-electron chi connectivity index (χ1n) is 5.51. The number of rotatable bonds is 1. The zero-order valence-corrected chi connectivity index (χ0v) is 11.0. The Labute approximate surface area is 108 Å². The molecule has 2 rings (SSSR count). The molecule has 0 atom stereocenters. The van der Waals surface area contributed by atoms with Gasteiger partial charge in [-0.2, -0.15) is 0 Å². The molecule has 0 saturated carbocycles. The molecule has 0 radical (unpaired) electrons. The van der Waals surface area contributed by atoms with Gasteiger partial charge in [-0.05, 0) is 32.4 Å². The predicted octanol–water partition coefficient (Wildman–Crippen LogP) is 1.94. The van der Waals surface area contributed by atoms with Crippen molar-refractivity contribution in [2.75, 3.05) is 0 Å². The molecule has 0 bridgehead atoms. The molecule has 2 N–H and O–H groups in total. The number of fused-ring (bicyclic) bond motifs is 1. The van der Waals surface area contributed by atoms with Gasteiger partial charge in [-0.15, -0.1) is 0 Å². The molecule has 0 unspecified atom stereocenters. The molecule has 1 aromatic carbocycles. The smallest absolute Gasteiger partial charge is 0.273 e. The van der Waals surface area contributed by atoms with E-state index in [-0.39, 0.29) is 33.1 Å². The number of aromatic amines is 1. The number of nitrogens with zero attached hydrogens (tertiary/aromatic N) is 1. The van der Waals surface area contributed by atoms with Gasteiger partial charge in [0.1, 0.15) is 5.75 Å². The zero-order chi connectivity index (χ0) is 13.6. The Morgan fingerprint density at radius 2 is 2.00 bits per heavy atom. The Kier molecular flexibility index (Phi) is 2.94. The average molecular weight is 269 g/mol. The lowest BCUT2D eigenvalue weighted by molar-refractivity contribution is 0.471. The van der Waals surface area contributed by atoms with E-state index in [1.54, 1.807) is 20.8 Å². The normalized spacial score (nSPS) is 11.4. The van der Waals surface area contributed by atoms with Gasteiger partial charge < -0.3 is 5.11 Å². The number of aromatic nitrogens is 2. The van der Waals surface area contributed by atoms with E-state index in [4.69, 9.17) is 11.6 Å². The second-order valence-electron chi connectivity index (χ2n) is 4.49. The highest BCUT2D eigenvalue weighted by Gasteiger charge is 2.16. The van der Waals surface area contributed by atoms with Crippen LogP contribution in [0.2, 0.25) is 5.02 Å². The minimum atomic E-state index is -0.487. The van der Waals surface area contributed by atoms with Gasteiger partial charge in [0.25, 0.3) is 11.1 Å². The number of aryl methyl sites for hydroxylation is 1. The fourth-order valence-corrected chi connectivity index (χ4v) is 2.20. The van der Waals surface area contributed by atoms with E-state index in [1.807, 2.05) is 0 Å². The molecule has 5 nitrogen and oxygen atoms in total. The molecule has 0 spiro atoms. The van der Waals surface area contributed by atoms with Gasteiger partial charge in [0.05, 0.1) is 15.8 Å². The van der Waals surface area contributed by atoms with Crippen molar-refractivity contribution in [3.63, 3.8) is 0 Å². The maximum Gasteiger partial charge on any atom is 0.273 e. The SMILES string of the molecule is Cc1cc2c(=O)n(C(C)C)[nH]c(=O)c2c(Cl)c1O. The third kappa shape index (κ3) is 1.71. The van der Waals surface area contributed by atoms with Crippen molar-refractivity contribution in [3.8, 4) is 5.75 Å². The summed E-state index contributed by atoms with van der Waals surface area (Å²) in [5.41, 5.74) is -0.353. The summed E-state index contributed by atoms with van der Waals surface area (Å²) in [5, 5.41) is 12.3. The van der Waals surface area contributed by atoms with Gasteiger partial charge >= 0.3 is 0 Å². The van der Waals surface area contributed by atoms with Crippen molar-refractivity contribution < 1.29 is 5.11 Å². The van der Waals surface area contributed by atoms with Gasteiger partial charge in [0.15, 0.2) is 0 Å². The Bertz CT molecular complexity index is 744. The molecule has 0 fully saturated rings. The van der Waals surface area contributed by atoms with E-state index in [2.05, 4.69) is 5.10 Å². The maximum atomic E-state index is 12.2. The fourth-order valence-electron chi connectivity index (χ4n) is 1.87. The highest BCUT2D eigenvalue weighted by molar-refractivity contribution is 6.37. The Hall–Kier alpha value is -1.75. The van der Waals surface area contributed by atoms with Crippen molar-refractivity contribution in [1.29, 1.82) is 0 Å². The molecule has 18 heavy (non-hydrogen) atoms. The van der Waals surface area contributed by atoms with Crippen LogP contribution >= 0.6 is 11.6 Å². The lowest BCUT2D eigenvalue weighted by atomic mass is 10.1. The summed E-state index contributed by atoms with van der Waals surface area (Å²) in [6, 6.07) is 1.31. The van der Waals surface area contributed by atoms with Crippen LogP contribution in [0.5, 0.6) is 5.75 Å². The summed E-state index contributed by atoms with van der Waals surface area (Å²) in [5.74, 6) is -0.170. The number of halogens is 1. The number of hydrogen-bond acceptors (Lipinski definition) is 3. The molecule has 0 amide bonds. The molecular weight excluding hydrogens is 256 g/mol. The van der Waals surface area contributed by atoms with Crippen LogP contribution in [0.3, 0.4) is 0 Å². The minimum absolute atomic E-state index is 0.0293. The van der Waals surface area contributed by atoms with Crippen molar-refractivity contribution in [3.05, 3.63) is 37.4 Å². The number of phenolic OH excluding ortho intramolecular Hbond substituents is 1. The number of nitrogens with one attached hydrogen (secondary N) is 1. The van der Waals surface area contributed by atoms with Crippen LogP contribution in [0.1, 0.15) is 25.5 Å². The van der Waals surface area contributed by atoms with E-state index in [1.165, 1.54) is 10.7 Å².